The Morgan fingerprint density at radius 3 is 2.69 bits per heavy atom. The second-order valence-electron chi connectivity index (χ2n) is 4.60. The lowest BCUT2D eigenvalue weighted by Gasteiger charge is -2.34. The zero-order chi connectivity index (χ0) is 12.3. The van der Waals surface area contributed by atoms with Crippen molar-refractivity contribution in [3.63, 3.8) is 0 Å². The Hall–Kier alpha value is -0.870. The maximum absolute atomic E-state index is 11.0. The Morgan fingerprint density at radius 1 is 1.56 bits per heavy atom. The summed E-state index contributed by atoms with van der Waals surface area (Å²) in [5.41, 5.74) is 0.999. The highest BCUT2D eigenvalue weighted by Crippen LogP contribution is 2.23. The predicted molar refractivity (Wildman–Crippen MR) is 67.1 cm³/mol. The normalized spacial score (nSPS) is 12.1. The molecule has 0 unspecified atom stereocenters. The molecule has 0 saturated heterocycles. The fourth-order valence-corrected chi connectivity index (χ4v) is 2.14. The van der Waals surface area contributed by atoms with Gasteiger partial charge in [-0.1, -0.05) is 6.92 Å². The summed E-state index contributed by atoms with van der Waals surface area (Å²) >= 11 is 1.29. The number of aromatic carboxylic acids is 1. The van der Waals surface area contributed by atoms with Crippen molar-refractivity contribution >= 4 is 17.3 Å². The van der Waals surface area contributed by atoms with E-state index in [1.807, 2.05) is 18.5 Å². The van der Waals surface area contributed by atoms with Crippen LogP contribution < -0.4 is 0 Å². The van der Waals surface area contributed by atoms with Crippen molar-refractivity contribution in [3.8, 4) is 0 Å². The zero-order valence-electron chi connectivity index (χ0n) is 10.3. The van der Waals surface area contributed by atoms with Gasteiger partial charge in [0.1, 0.15) is 4.88 Å². The van der Waals surface area contributed by atoms with E-state index in [4.69, 9.17) is 5.11 Å². The molecular weight excluding hydrogens is 222 g/mol. The zero-order valence-corrected chi connectivity index (χ0v) is 11.1. The summed E-state index contributed by atoms with van der Waals surface area (Å²) in [5.74, 6) is -0.826. The van der Waals surface area contributed by atoms with Crippen molar-refractivity contribution in [1.82, 2.24) is 4.90 Å². The fraction of sp³-hybridized carbons (Fsp3) is 0.583. The minimum atomic E-state index is -0.826. The van der Waals surface area contributed by atoms with E-state index in [9.17, 15) is 4.79 Å². The number of nitrogens with zero attached hydrogens (tertiary/aromatic N) is 1. The summed E-state index contributed by atoms with van der Waals surface area (Å²) < 4.78 is 0. The molecule has 0 fully saturated rings. The van der Waals surface area contributed by atoms with Crippen molar-refractivity contribution < 1.29 is 9.90 Å². The van der Waals surface area contributed by atoms with Crippen LogP contribution in [0.3, 0.4) is 0 Å². The SMILES string of the molecule is CCC(C)(C)N(C)Cc1ccsc1C(=O)O. The third-order valence-corrected chi connectivity index (χ3v) is 4.19. The number of carbonyl (C=O) groups is 1. The van der Waals surface area contributed by atoms with Crippen molar-refractivity contribution in [2.75, 3.05) is 7.05 Å². The molecule has 0 aliphatic rings. The van der Waals surface area contributed by atoms with Crippen LogP contribution in [0.4, 0.5) is 0 Å². The maximum atomic E-state index is 11.0. The first-order valence-corrected chi connectivity index (χ1v) is 6.27. The Morgan fingerprint density at radius 2 is 2.19 bits per heavy atom. The predicted octanol–water partition coefficient (Wildman–Crippen LogP) is 3.07. The first kappa shape index (κ1) is 13.2. The number of carboxylic acid groups (broad SMARTS) is 1. The second kappa shape index (κ2) is 4.97. The van der Waals surface area contributed by atoms with Crippen LogP contribution in [-0.2, 0) is 6.54 Å². The topological polar surface area (TPSA) is 40.5 Å². The first-order chi connectivity index (χ1) is 7.38. The molecule has 3 nitrogen and oxygen atoms in total. The van der Waals surface area contributed by atoms with Crippen molar-refractivity contribution in [2.24, 2.45) is 0 Å². The lowest BCUT2D eigenvalue weighted by molar-refractivity contribution is 0.0698. The largest absolute Gasteiger partial charge is 0.477 e. The van der Waals surface area contributed by atoms with Crippen molar-refractivity contribution in [3.05, 3.63) is 21.9 Å². The standard InChI is InChI=1S/C12H19NO2S/c1-5-12(2,3)13(4)8-9-6-7-16-10(9)11(14)15/h6-7H,5,8H2,1-4H3,(H,14,15). The molecule has 1 heterocycles. The van der Waals surface area contributed by atoms with Gasteiger partial charge >= 0.3 is 5.97 Å². The number of rotatable bonds is 5. The van der Waals surface area contributed by atoms with E-state index in [1.165, 1.54) is 11.3 Å². The summed E-state index contributed by atoms with van der Waals surface area (Å²) in [6.45, 7) is 7.16. The smallest absolute Gasteiger partial charge is 0.346 e. The molecule has 4 heteroatoms. The van der Waals surface area contributed by atoms with Gasteiger partial charge in [0.2, 0.25) is 0 Å². The average Bonchev–Trinajstić information content (AvgIpc) is 2.65. The highest BCUT2D eigenvalue weighted by Gasteiger charge is 2.23. The maximum Gasteiger partial charge on any atom is 0.346 e. The van der Waals surface area contributed by atoms with E-state index in [2.05, 4.69) is 25.7 Å². The molecule has 0 atom stereocenters. The van der Waals surface area contributed by atoms with Crippen LogP contribution >= 0.6 is 11.3 Å². The number of thiophene rings is 1. The minimum Gasteiger partial charge on any atom is -0.477 e. The van der Waals surface area contributed by atoms with Crippen LogP contribution in [0.2, 0.25) is 0 Å². The van der Waals surface area contributed by atoms with E-state index < -0.39 is 5.97 Å². The molecule has 0 spiro atoms. The summed E-state index contributed by atoms with van der Waals surface area (Å²) in [4.78, 5) is 13.6. The van der Waals surface area contributed by atoms with Crippen LogP contribution in [0.15, 0.2) is 11.4 Å². The minimum absolute atomic E-state index is 0.0950. The molecule has 0 amide bonds. The fourth-order valence-electron chi connectivity index (χ4n) is 1.39. The van der Waals surface area contributed by atoms with Crippen molar-refractivity contribution in [2.45, 2.75) is 39.3 Å². The molecule has 1 N–H and O–H groups in total. The van der Waals surface area contributed by atoms with E-state index in [0.29, 0.717) is 11.4 Å². The van der Waals surface area contributed by atoms with E-state index in [-0.39, 0.29) is 5.54 Å². The quantitative estimate of drug-likeness (QED) is 0.861. The van der Waals surface area contributed by atoms with Gasteiger partial charge in [-0.2, -0.15) is 0 Å². The van der Waals surface area contributed by atoms with Crippen molar-refractivity contribution in [1.29, 1.82) is 0 Å². The monoisotopic (exact) mass is 241 g/mol. The Labute approximate surface area is 101 Å². The molecule has 0 bridgehead atoms. The van der Waals surface area contributed by atoms with Crippen LogP contribution in [0.1, 0.15) is 42.4 Å². The molecule has 16 heavy (non-hydrogen) atoms. The van der Waals surface area contributed by atoms with Gasteiger partial charge in [-0.3, -0.25) is 4.90 Å². The second-order valence-corrected chi connectivity index (χ2v) is 5.52. The van der Waals surface area contributed by atoms with Gasteiger partial charge in [-0.25, -0.2) is 4.79 Å². The number of carboxylic acids is 1. The third-order valence-electron chi connectivity index (χ3n) is 3.25. The molecule has 0 radical (unpaired) electrons. The van der Waals surface area contributed by atoms with Crippen LogP contribution in [0, 0.1) is 0 Å². The summed E-state index contributed by atoms with van der Waals surface area (Å²) in [6.07, 6.45) is 1.04. The van der Waals surface area contributed by atoms with Crippen LogP contribution in [0.5, 0.6) is 0 Å². The van der Waals surface area contributed by atoms with Gasteiger partial charge in [0.05, 0.1) is 0 Å². The van der Waals surface area contributed by atoms with Gasteiger partial charge in [-0.05, 0) is 44.3 Å². The molecule has 0 aliphatic heterocycles. The van der Waals surface area contributed by atoms with Crippen LogP contribution in [-0.4, -0.2) is 28.6 Å². The highest BCUT2D eigenvalue weighted by atomic mass is 32.1. The molecule has 90 valence electrons. The average molecular weight is 241 g/mol. The summed E-state index contributed by atoms with van der Waals surface area (Å²) in [5, 5.41) is 10.9. The number of hydrogen-bond donors (Lipinski definition) is 1. The Kier molecular flexibility index (Phi) is 4.10. The molecule has 0 saturated carbocycles. The molecule has 0 aromatic carbocycles. The highest BCUT2D eigenvalue weighted by molar-refractivity contribution is 7.12. The Balaban J connectivity index is 2.81. The molecule has 1 rings (SSSR count). The lowest BCUT2D eigenvalue weighted by atomic mass is 9.99. The molecule has 0 aliphatic carbocycles. The molecule has 1 aromatic rings. The third kappa shape index (κ3) is 2.83. The van der Waals surface area contributed by atoms with E-state index >= 15 is 0 Å². The lowest BCUT2D eigenvalue weighted by Crippen LogP contribution is -2.39. The first-order valence-electron chi connectivity index (χ1n) is 5.39. The van der Waals surface area contributed by atoms with E-state index in [1.54, 1.807) is 0 Å². The Bertz CT molecular complexity index is 371. The van der Waals surface area contributed by atoms with Gasteiger partial charge in [0.15, 0.2) is 0 Å². The number of hydrogen-bond acceptors (Lipinski definition) is 3. The van der Waals surface area contributed by atoms with E-state index in [0.717, 1.165) is 12.0 Å². The summed E-state index contributed by atoms with van der Waals surface area (Å²) in [6, 6.07) is 1.90. The molecular formula is C12H19NO2S. The summed E-state index contributed by atoms with van der Waals surface area (Å²) in [7, 11) is 2.03. The molecule has 1 aromatic heterocycles. The van der Waals surface area contributed by atoms with Gasteiger partial charge in [-0.15, -0.1) is 11.3 Å². The van der Waals surface area contributed by atoms with Crippen LogP contribution in [0.25, 0.3) is 0 Å². The van der Waals surface area contributed by atoms with Gasteiger partial charge in [0, 0.05) is 12.1 Å². The van der Waals surface area contributed by atoms with Gasteiger partial charge < -0.3 is 5.11 Å². The van der Waals surface area contributed by atoms with Gasteiger partial charge in [0.25, 0.3) is 0 Å².